The van der Waals surface area contributed by atoms with Crippen molar-refractivity contribution in [2.45, 2.75) is 39.0 Å². The van der Waals surface area contributed by atoms with Gasteiger partial charge in [-0.3, -0.25) is 4.79 Å². The summed E-state index contributed by atoms with van der Waals surface area (Å²) in [5.74, 6) is 0.421. The Morgan fingerprint density at radius 1 is 1.39 bits per heavy atom. The molecule has 3 rings (SSSR count). The molecule has 1 saturated heterocycles. The first-order valence-electron chi connectivity index (χ1n) is 9.16. The van der Waals surface area contributed by atoms with E-state index >= 15 is 0 Å². The zero-order valence-electron chi connectivity index (χ0n) is 16.0. The van der Waals surface area contributed by atoms with Crippen LogP contribution in [-0.4, -0.2) is 49.9 Å². The number of halogens is 2. The van der Waals surface area contributed by atoms with E-state index in [1.54, 1.807) is 9.42 Å². The lowest BCUT2D eigenvalue weighted by Crippen LogP contribution is -2.40. The van der Waals surface area contributed by atoms with Gasteiger partial charge < -0.3 is 4.90 Å². The van der Waals surface area contributed by atoms with Gasteiger partial charge in [0.25, 0.3) is 18.1 Å². The summed E-state index contributed by atoms with van der Waals surface area (Å²) in [7, 11) is 0. The fourth-order valence-corrected chi connectivity index (χ4v) is 3.36. The lowest BCUT2D eigenvalue weighted by Gasteiger charge is -2.33. The minimum absolute atomic E-state index is 0.0907. The predicted molar refractivity (Wildman–Crippen MR) is 102 cm³/mol. The molecule has 1 unspecified atom stereocenters. The van der Waals surface area contributed by atoms with Crippen LogP contribution in [0.15, 0.2) is 48.3 Å². The predicted octanol–water partition coefficient (Wildman–Crippen LogP) is 3.46. The summed E-state index contributed by atoms with van der Waals surface area (Å²) in [5.41, 5.74) is 2.02. The van der Waals surface area contributed by atoms with Crippen LogP contribution in [0.1, 0.15) is 37.1 Å². The summed E-state index contributed by atoms with van der Waals surface area (Å²) < 4.78 is 27.1. The maximum absolute atomic E-state index is 12.9. The van der Waals surface area contributed by atoms with Crippen molar-refractivity contribution in [3.05, 3.63) is 59.7 Å². The number of hydrogen-bond acceptors (Lipinski definition) is 4. The van der Waals surface area contributed by atoms with E-state index in [2.05, 4.69) is 21.6 Å². The van der Waals surface area contributed by atoms with Gasteiger partial charge in [-0.2, -0.15) is 10.1 Å². The Balaban J connectivity index is 1.83. The summed E-state index contributed by atoms with van der Waals surface area (Å²) in [5, 5.41) is 4.25. The number of rotatable bonds is 5. The van der Waals surface area contributed by atoms with Gasteiger partial charge in [-0.15, -0.1) is 0 Å². The molecule has 1 atom stereocenters. The third-order valence-electron chi connectivity index (χ3n) is 4.87. The summed E-state index contributed by atoms with van der Waals surface area (Å²) in [6, 6.07) is 1.97. The molecule has 8 heteroatoms. The van der Waals surface area contributed by atoms with E-state index in [9.17, 15) is 13.6 Å². The summed E-state index contributed by atoms with van der Waals surface area (Å²) in [6.07, 6.45) is 4.76. The average molecular weight is 387 g/mol. The first kappa shape index (κ1) is 19.9. The summed E-state index contributed by atoms with van der Waals surface area (Å²) in [6.45, 7) is 8.02. The van der Waals surface area contributed by atoms with Crippen LogP contribution < -0.4 is 0 Å². The first-order valence-corrected chi connectivity index (χ1v) is 9.16. The third kappa shape index (κ3) is 4.16. The van der Waals surface area contributed by atoms with E-state index in [1.165, 1.54) is 31.5 Å². The molecule has 1 aliphatic rings. The summed E-state index contributed by atoms with van der Waals surface area (Å²) in [4.78, 5) is 23.1. The molecule has 0 radical (unpaired) electrons. The van der Waals surface area contributed by atoms with E-state index in [0.717, 1.165) is 24.2 Å². The lowest BCUT2D eigenvalue weighted by molar-refractivity contribution is -0.128. The first-order chi connectivity index (χ1) is 13.4. The monoisotopic (exact) mass is 387 g/mol. The molecule has 3 heterocycles. The number of alkyl halides is 2. The Kier molecular flexibility index (Phi) is 5.96. The molecule has 0 saturated carbocycles. The second-order valence-corrected chi connectivity index (χ2v) is 6.92. The Hall–Kier alpha value is -2.90. The fourth-order valence-electron chi connectivity index (χ4n) is 3.36. The second-order valence-electron chi connectivity index (χ2n) is 6.92. The molecule has 0 spiro atoms. The van der Waals surface area contributed by atoms with Crippen molar-refractivity contribution < 1.29 is 13.6 Å². The number of allylic oxidation sites excluding steroid dienone is 3. The third-order valence-corrected chi connectivity index (χ3v) is 4.87. The maximum Gasteiger partial charge on any atom is 0.259 e. The van der Waals surface area contributed by atoms with Gasteiger partial charge in [-0.25, -0.2) is 18.3 Å². The minimum Gasteiger partial charge on any atom is -0.338 e. The Morgan fingerprint density at radius 3 is 2.89 bits per heavy atom. The SMILES string of the molecule is C=C/C(=C\C=C(/C)C(F)F)C(=O)N1CCCC(c2cc(C)nc3ncnn23)C1. The molecule has 1 aliphatic heterocycles. The molecule has 1 fully saturated rings. The highest BCUT2D eigenvalue weighted by Crippen LogP contribution is 2.28. The molecule has 0 aliphatic carbocycles. The van der Waals surface area contributed by atoms with E-state index < -0.39 is 6.43 Å². The average Bonchev–Trinajstić information content (AvgIpc) is 3.15. The van der Waals surface area contributed by atoms with Gasteiger partial charge in [0.15, 0.2) is 0 Å². The topological polar surface area (TPSA) is 63.4 Å². The quantitative estimate of drug-likeness (QED) is 0.582. The zero-order chi connectivity index (χ0) is 20.3. The van der Waals surface area contributed by atoms with Crippen LogP contribution in [0.2, 0.25) is 0 Å². The fraction of sp³-hybridized carbons (Fsp3) is 0.400. The Bertz CT molecular complexity index is 947. The number of carbonyl (C=O) groups is 1. The van der Waals surface area contributed by atoms with E-state index in [1.807, 2.05) is 13.0 Å². The molecular weight excluding hydrogens is 364 g/mol. The molecule has 28 heavy (non-hydrogen) atoms. The number of aromatic nitrogens is 4. The van der Waals surface area contributed by atoms with Crippen LogP contribution in [0.3, 0.4) is 0 Å². The van der Waals surface area contributed by atoms with Crippen molar-refractivity contribution in [2.24, 2.45) is 0 Å². The van der Waals surface area contributed by atoms with Crippen LogP contribution in [-0.2, 0) is 4.79 Å². The largest absolute Gasteiger partial charge is 0.338 e. The smallest absolute Gasteiger partial charge is 0.259 e. The lowest BCUT2D eigenvalue weighted by atomic mass is 9.93. The van der Waals surface area contributed by atoms with Crippen molar-refractivity contribution in [3.8, 4) is 0 Å². The Labute approximate surface area is 162 Å². The van der Waals surface area contributed by atoms with Crippen LogP contribution in [0, 0.1) is 6.92 Å². The van der Waals surface area contributed by atoms with Crippen molar-refractivity contribution in [1.29, 1.82) is 0 Å². The van der Waals surface area contributed by atoms with Gasteiger partial charge in [-0.1, -0.05) is 18.7 Å². The van der Waals surface area contributed by atoms with E-state index in [0.29, 0.717) is 24.4 Å². The van der Waals surface area contributed by atoms with Gasteiger partial charge in [-0.05, 0) is 44.4 Å². The van der Waals surface area contributed by atoms with Gasteiger partial charge in [0.05, 0.1) is 5.69 Å². The highest BCUT2D eigenvalue weighted by molar-refractivity contribution is 5.96. The number of aryl methyl sites for hydroxylation is 1. The number of nitrogens with zero attached hydrogens (tertiary/aromatic N) is 5. The molecule has 1 amide bonds. The molecular formula is C20H23F2N5O. The highest BCUT2D eigenvalue weighted by Gasteiger charge is 2.28. The Morgan fingerprint density at radius 2 is 2.18 bits per heavy atom. The normalized spacial score (nSPS) is 18.8. The van der Waals surface area contributed by atoms with Crippen LogP contribution >= 0.6 is 0 Å². The van der Waals surface area contributed by atoms with E-state index in [4.69, 9.17) is 0 Å². The second kappa shape index (κ2) is 8.41. The number of carbonyl (C=O) groups excluding carboxylic acids is 1. The number of piperidine rings is 1. The van der Waals surface area contributed by atoms with E-state index in [-0.39, 0.29) is 17.4 Å². The number of hydrogen-bond donors (Lipinski definition) is 0. The zero-order valence-corrected chi connectivity index (χ0v) is 16.0. The molecule has 2 aromatic heterocycles. The van der Waals surface area contributed by atoms with Crippen LogP contribution in [0.4, 0.5) is 8.78 Å². The minimum atomic E-state index is -2.54. The highest BCUT2D eigenvalue weighted by atomic mass is 19.3. The number of likely N-dealkylation sites (tertiary alicyclic amines) is 1. The number of fused-ring (bicyclic) bond motifs is 1. The standard InChI is InChI=1S/C20H23F2N5O/c1-4-15(8-7-13(2)18(21)22)19(28)26-9-5-6-16(11-26)17-10-14(3)25-20-23-12-24-27(17)20/h4,7-8,10,12,16,18H,1,5-6,9,11H2,2-3H3/b13-7+,15-8+. The van der Waals surface area contributed by atoms with Crippen molar-refractivity contribution in [3.63, 3.8) is 0 Å². The van der Waals surface area contributed by atoms with Gasteiger partial charge in [0, 0.05) is 30.3 Å². The molecule has 0 bridgehead atoms. The molecule has 6 nitrogen and oxygen atoms in total. The number of amides is 1. The molecule has 0 N–H and O–H groups in total. The van der Waals surface area contributed by atoms with Gasteiger partial charge >= 0.3 is 0 Å². The molecule has 2 aromatic rings. The van der Waals surface area contributed by atoms with Crippen molar-refractivity contribution >= 4 is 11.7 Å². The van der Waals surface area contributed by atoms with Gasteiger partial charge in [0.2, 0.25) is 0 Å². The van der Waals surface area contributed by atoms with Crippen molar-refractivity contribution in [1.82, 2.24) is 24.5 Å². The van der Waals surface area contributed by atoms with Crippen molar-refractivity contribution in [2.75, 3.05) is 13.1 Å². The molecule has 148 valence electrons. The van der Waals surface area contributed by atoms with Crippen LogP contribution in [0.5, 0.6) is 0 Å². The maximum atomic E-state index is 12.9. The molecule has 0 aromatic carbocycles. The summed E-state index contributed by atoms with van der Waals surface area (Å²) >= 11 is 0. The van der Waals surface area contributed by atoms with Gasteiger partial charge in [0.1, 0.15) is 6.33 Å². The van der Waals surface area contributed by atoms with Crippen LogP contribution in [0.25, 0.3) is 5.78 Å².